The lowest BCUT2D eigenvalue weighted by Gasteiger charge is -2.07. The lowest BCUT2D eigenvalue weighted by Crippen LogP contribution is -2.05. The highest BCUT2D eigenvalue weighted by atomic mass is 35.5. The van der Waals surface area contributed by atoms with Crippen molar-refractivity contribution in [2.45, 2.75) is 6.42 Å². The average Bonchev–Trinajstić information content (AvgIpc) is 2.24. The Kier molecular flexibility index (Phi) is 3.74. The van der Waals surface area contributed by atoms with E-state index in [1.807, 2.05) is 0 Å². The number of halogens is 5. The first-order chi connectivity index (χ1) is 7.00. The molecule has 1 radical (unpaired) electrons. The Labute approximate surface area is 89.2 Å². The van der Waals surface area contributed by atoms with E-state index in [1.54, 1.807) is 0 Å². The maximum absolute atomic E-state index is 13.1. The predicted molar refractivity (Wildman–Crippen MR) is 49.4 cm³/mol. The summed E-state index contributed by atoms with van der Waals surface area (Å²) in [5.74, 6) is -5.83. The molecular formula is C10H6ClF4. The van der Waals surface area contributed by atoms with Crippen molar-refractivity contribution in [3.63, 3.8) is 0 Å². The van der Waals surface area contributed by atoms with Crippen LogP contribution in [0.1, 0.15) is 11.1 Å². The van der Waals surface area contributed by atoms with Gasteiger partial charge in [0.05, 0.1) is 0 Å². The molecule has 0 heterocycles. The molecule has 0 spiro atoms. The quantitative estimate of drug-likeness (QED) is 0.543. The van der Waals surface area contributed by atoms with Gasteiger partial charge < -0.3 is 0 Å². The number of hydrogen-bond donors (Lipinski definition) is 0. The molecule has 0 aromatic heterocycles. The summed E-state index contributed by atoms with van der Waals surface area (Å²) in [7, 11) is 0. The number of hydrogen-bond acceptors (Lipinski definition) is 0. The highest BCUT2D eigenvalue weighted by molar-refractivity contribution is 6.25. The zero-order valence-corrected chi connectivity index (χ0v) is 8.21. The van der Waals surface area contributed by atoms with Crippen molar-refractivity contribution in [3.05, 3.63) is 52.9 Å². The van der Waals surface area contributed by atoms with Gasteiger partial charge >= 0.3 is 0 Å². The van der Waals surface area contributed by atoms with Gasteiger partial charge in [0.15, 0.2) is 23.3 Å². The fraction of sp³-hybridized carbons (Fsp3) is 0.100. The summed E-state index contributed by atoms with van der Waals surface area (Å²) in [4.78, 5) is 0. The van der Waals surface area contributed by atoms with Crippen LogP contribution in [0.5, 0.6) is 0 Å². The lowest BCUT2D eigenvalue weighted by molar-refractivity contribution is 0.437. The minimum absolute atomic E-state index is 0.324. The first-order valence-electron chi connectivity index (χ1n) is 3.92. The van der Waals surface area contributed by atoms with Gasteiger partial charge in [-0.1, -0.05) is 17.7 Å². The van der Waals surface area contributed by atoms with E-state index in [0.717, 1.165) is 5.54 Å². The second kappa shape index (κ2) is 4.66. The first-order valence-corrected chi connectivity index (χ1v) is 4.36. The zero-order valence-electron chi connectivity index (χ0n) is 7.46. The van der Waals surface area contributed by atoms with Crippen molar-refractivity contribution in [3.8, 4) is 0 Å². The molecule has 1 aromatic carbocycles. The maximum atomic E-state index is 13.1. The predicted octanol–water partition coefficient (Wildman–Crippen LogP) is 3.72. The Morgan fingerprint density at radius 2 is 1.47 bits per heavy atom. The summed E-state index contributed by atoms with van der Waals surface area (Å²) >= 11 is 5.14. The first kappa shape index (κ1) is 12.0. The summed E-state index contributed by atoms with van der Waals surface area (Å²) in [5.41, 5.74) is -0.606. The van der Waals surface area contributed by atoms with Gasteiger partial charge in [0.25, 0.3) is 0 Å². The van der Waals surface area contributed by atoms with Gasteiger partial charge in [-0.2, -0.15) is 0 Å². The molecule has 0 nitrogen and oxygen atoms in total. The van der Waals surface area contributed by atoms with E-state index < -0.39 is 34.4 Å². The van der Waals surface area contributed by atoms with Crippen molar-refractivity contribution in [2.75, 3.05) is 0 Å². The standard InChI is InChI=1S/C10H6ClF4/c1-5-7(12)9(14)6(3-2-4-11)10(15)8(5)13/h2,4H,1,3H2/b4-2-. The highest BCUT2D eigenvalue weighted by Crippen LogP contribution is 2.23. The molecule has 0 amide bonds. The monoisotopic (exact) mass is 237 g/mol. The molecular weight excluding hydrogens is 232 g/mol. The fourth-order valence-electron chi connectivity index (χ4n) is 1.06. The SMILES string of the molecule is [CH2]c1c(F)c(F)c(C/C=C\Cl)c(F)c1F. The Morgan fingerprint density at radius 3 is 1.87 bits per heavy atom. The second-order valence-corrected chi connectivity index (χ2v) is 3.03. The third-order valence-electron chi connectivity index (χ3n) is 1.86. The molecule has 0 fully saturated rings. The van der Waals surface area contributed by atoms with Gasteiger partial charge in [-0.3, -0.25) is 0 Å². The number of rotatable bonds is 2. The number of allylic oxidation sites excluding steroid dienone is 1. The summed E-state index contributed by atoms with van der Waals surface area (Å²) in [6, 6.07) is 0. The minimum atomic E-state index is -1.48. The van der Waals surface area contributed by atoms with Crippen LogP contribution in [0.4, 0.5) is 17.6 Å². The molecule has 0 bridgehead atoms. The van der Waals surface area contributed by atoms with E-state index in [9.17, 15) is 17.6 Å². The average molecular weight is 238 g/mol. The van der Waals surface area contributed by atoms with Crippen LogP contribution in [-0.2, 0) is 6.42 Å². The van der Waals surface area contributed by atoms with Crippen molar-refractivity contribution >= 4 is 11.6 Å². The van der Waals surface area contributed by atoms with Crippen molar-refractivity contribution in [2.24, 2.45) is 0 Å². The van der Waals surface area contributed by atoms with Gasteiger partial charge in [0.1, 0.15) is 0 Å². The van der Waals surface area contributed by atoms with Crippen molar-refractivity contribution in [1.29, 1.82) is 0 Å². The topological polar surface area (TPSA) is 0 Å². The molecule has 81 valence electrons. The molecule has 0 saturated carbocycles. The zero-order chi connectivity index (χ0) is 11.6. The van der Waals surface area contributed by atoms with E-state index in [2.05, 4.69) is 6.92 Å². The molecule has 1 aromatic rings. The van der Waals surface area contributed by atoms with E-state index >= 15 is 0 Å². The van der Waals surface area contributed by atoms with Gasteiger partial charge in [-0.05, 0) is 13.3 Å². The summed E-state index contributed by atoms with van der Waals surface area (Å²) in [6.45, 7) is 2.89. The van der Waals surface area contributed by atoms with E-state index in [-0.39, 0.29) is 6.42 Å². The summed E-state index contributed by atoms with van der Waals surface area (Å²) in [6.07, 6.45) is 0.847. The molecule has 0 unspecified atom stereocenters. The van der Waals surface area contributed by atoms with Crippen molar-refractivity contribution < 1.29 is 17.6 Å². The van der Waals surface area contributed by atoms with Gasteiger partial charge in [0.2, 0.25) is 0 Å². The molecule has 0 atom stereocenters. The molecule has 0 saturated heterocycles. The van der Waals surface area contributed by atoms with Crippen LogP contribution in [0.25, 0.3) is 0 Å². The summed E-state index contributed by atoms with van der Waals surface area (Å²) in [5, 5.41) is 0. The Morgan fingerprint density at radius 1 is 1.00 bits per heavy atom. The molecule has 1 rings (SSSR count). The third-order valence-corrected chi connectivity index (χ3v) is 2.03. The molecule has 0 aliphatic rings. The maximum Gasteiger partial charge on any atom is 0.165 e. The second-order valence-electron chi connectivity index (χ2n) is 2.78. The fourth-order valence-corrected chi connectivity index (χ4v) is 1.15. The molecule has 5 heteroatoms. The Bertz CT molecular complexity index is 383. The Hall–Kier alpha value is -1.03. The highest BCUT2D eigenvalue weighted by Gasteiger charge is 2.21. The lowest BCUT2D eigenvalue weighted by atomic mass is 10.1. The number of benzene rings is 1. The van der Waals surface area contributed by atoms with E-state index in [1.165, 1.54) is 6.08 Å². The minimum Gasteiger partial charge on any atom is -0.203 e. The molecule has 0 aliphatic carbocycles. The van der Waals surface area contributed by atoms with Crippen molar-refractivity contribution in [1.82, 2.24) is 0 Å². The van der Waals surface area contributed by atoms with Gasteiger partial charge in [-0.25, -0.2) is 17.6 Å². The third kappa shape index (κ3) is 2.15. The molecule has 0 N–H and O–H groups in total. The van der Waals surface area contributed by atoms with Crippen LogP contribution in [0.3, 0.4) is 0 Å². The smallest absolute Gasteiger partial charge is 0.165 e. The summed E-state index contributed by atoms with van der Waals surface area (Å²) < 4.78 is 52.2. The van der Waals surface area contributed by atoms with Crippen LogP contribution in [-0.4, -0.2) is 0 Å². The van der Waals surface area contributed by atoms with E-state index in [4.69, 9.17) is 11.6 Å². The largest absolute Gasteiger partial charge is 0.203 e. The van der Waals surface area contributed by atoms with Gasteiger partial charge in [-0.15, -0.1) is 0 Å². The van der Waals surface area contributed by atoms with Crippen LogP contribution < -0.4 is 0 Å². The Balaban J connectivity index is 3.38. The van der Waals surface area contributed by atoms with Crippen LogP contribution in [0, 0.1) is 30.2 Å². The van der Waals surface area contributed by atoms with E-state index in [0.29, 0.717) is 0 Å². The van der Waals surface area contributed by atoms with Gasteiger partial charge in [0, 0.05) is 16.7 Å². The molecule has 0 aliphatic heterocycles. The van der Waals surface area contributed by atoms with Crippen LogP contribution in [0.2, 0.25) is 0 Å². The van der Waals surface area contributed by atoms with Crippen LogP contribution in [0.15, 0.2) is 11.6 Å². The van der Waals surface area contributed by atoms with Crippen LogP contribution >= 0.6 is 11.6 Å². The normalized spacial score (nSPS) is 11.3. The molecule has 15 heavy (non-hydrogen) atoms.